The maximum Gasteiger partial charge on any atom is 0.187 e. The third-order valence-corrected chi connectivity index (χ3v) is 8.15. The highest BCUT2D eigenvalue weighted by Crippen LogP contribution is 2.39. The minimum absolute atomic E-state index is 0.142. The fraction of sp³-hybridized carbons (Fsp3) is 0.889. The van der Waals surface area contributed by atoms with E-state index in [0.29, 0.717) is 6.42 Å². The predicted octanol–water partition coefficient (Wildman–Crippen LogP) is -0.445. The molecular weight excluding hydrogens is 500 g/mol. The van der Waals surface area contributed by atoms with Gasteiger partial charge < -0.3 is 50.0 Å². The summed E-state index contributed by atoms with van der Waals surface area (Å²) in [7, 11) is 0. The van der Waals surface area contributed by atoms with Gasteiger partial charge in [-0.3, -0.25) is 4.79 Å². The molecule has 0 saturated carbocycles. The van der Waals surface area contributed by atoms with Crippen LogP contribution in [0.4, 0.5) is 0 Å². The highest BCUT2D eigenvalue weighted by atomic mass is 16.7. The van der Waals surface area contributed by atoms with Crippen molar-refractivity contribution in [3.63, 3.8) is 0 Å². The Balaban J connectivity index is 1.78. The molecule has 2 unspecified atom stereocenters. The summed E-state index contributed by atoms with van der Waals surface area (Å²) < 4.78 is 16.9. The number of allylic oxidation sites excluding steroid dienone is 1. The van der Waals surface area contributed by atoms with Crippen LogP contribution in [0.5, 0.6) is 0 Å². The molecule has 7 N–H and O–H groups in total. The Hall–Kier alpha value is -0.990. The largest absolute Gasteiger partial charge is 0.394 e. The molecule has 220 valence electrons. The molecule has 3 aliphatic rings. The minimum atomic E-state index is -1.74. The first-order chi connectivity index (χ1) is 18.2. The minimum Gasteiger partial charge on any atom is -0.394 e. The summed E-state index contributed by atoms with van der Waals surface area (Å²) in [6, 6.07) is 0. The topological polar surface area (TPSA) is 186 Å². The zero-order valence-electron chi connectivity index (χ0n) is 22.3. The lowest BCUT2D eigenvalue weighted by atomic mass is 9.73. The van der Waals surface area contributed by atoms with Crippen molar-refractivity contribution >= 4 is 5.78 Å². The van der Waals surface area contributed by atoms with Crippen LogP contribution in [0.15, 0.2) is 11.6 Å². The van der Waals surface area contributed by atoms with Gasteiger partial charge in [-0.15, -0.1) is 0 Å². The van der Waals surface area contributed by atoms with E-state index < -0.39 is 74.4 Å². The summed E-state index contributed by atoms with van der Waals surface area (Å²) in [5, 5.41) is 71.8. The van der Waals surface area contributed by atoms with E-state index in [4.69, 9.17) is 14.2 Å². The Morgan fingerprint density at radius 2 is 1.50 bits per heavy atom. The fourth-order valence-electron chi connectivity index (χ4n) is 5.80. The number of carbonyl (C=O) groups is 1. The average molecular weight is 547 g/mol. The molecule has 3 rings (SSSR count). The summed E-state index contributed by atoms with van der Waals surface area (Å²) in [6.45, 7) is 2.94. The van der Waals surface area contributed by atoms with Crippen LogP contribution in [0.1, 0.15) is 65.2 Å². The first-order valence-electron chi connectivity index (χ1n) is 14.0. The molecule has 2 saturated heterocycles. The molecule has 11 nitrogen and oxygen atoms in total. The number of ketones is 1. The van der Waals surface area contributed by atoms with Gasteiger partial charge in [-0.25, -0.2) is 0 Å². The Morgan fingerprint density at radius 1 is 0.816 bits per heavy atom. The van der Waals surface area contributed by atoms with Crippen LogP contribution in [0.25, 0.3) is 0 Å². The van der Waals surface area contributed by atoms with Crippen LogP contribution in [0.2, 0.25) is 0 Å². The highest BCUT2D eigenvalue weighted by molar-refractivity contribution is 5.97. The van der Waals surface area contributed by atoms with Gasteiger partial charge in [0.15, 0.2) is 12.1 Å². The van der Waals surface area contributed by atoms with E-state index in [9.17, 15) is 40.5 Å². The number of unbranched alkanes of at least 4 members (excludes halogenated alkanes) is 3. The molecule has 2 heterocycles. The summed E-state index contributed by atoms with van der Waals surface area (Å²) in [6.07, 6.45) is -5.52. The van der Waals surface area contributed by atoms with E-state index in [2.05, 4.69) is 13.8 Å². The average Bonchev–Trinajstić information content (AvgIpc) is 2.91. The normalized spacial score (nSPS) is 42.2. The van der Waals surface area contributed by atoms with Crippen molar-refractivity contribution in [2.24, 2.45) is 11.8 Å². The van der Waals surface area contributed by atoms with Crippen molar-refractivity contribution in [1.82, 2.24) is 0 Å². The van der Waals surface area contributed by atoms with E-state index in [1.165, 1.54) is 0 Å². The molecule has 11 heteroatoms. The van der Waals surface area contributed by atoms with Gasteiger partial charge in [-0.05, 0) is 24.7 Å². The molecule has 12 atom stereocenters. The molecule has 2 aliphatic heterocycles. The lowest BCUT2D eigenvalue weighted by Crippen LogP contribution is -2.64. The summed E-state index contributed by atoms with van der Waals surface area (Å²) in [4.78, 5) is 13.2. The second kappa shape index (κ2) is 14.6. The van der Waals surface area contributed by atoms with Crippen molar-refractivity contribution < 1.29 is 54.8 Å². The van der Waals surface area contributed by atoms with E-state index in [1.54, 1.807) is 0 Å². The van der Waals surface area contributed by atoms with Crippen molar-refractivity contribution in [2.75, 3.05) is 13.2 Å². The zero-order chi connectivity index (χ0) is 28.0. The number of aliphatic hydroxyl groups is 7. The molecule has 38 heavy (non-hydrogen) atoms. The maximum atomic E-state index is 13.2. The first-order valence-corrected chi connectivity index (χ1v) is 14.0. The van der Waals surface area contributed by atoms with Gasteiger partial charge in [0, 0.05) is 12.0 Å². The van der Waals surface area contributed by atoms with Crippen LogP contribution in [-0.4, -0.2) is 116 Å². The zero-order valence-corrected chi connectivity index (χ0v) is 22.3. The molecule has 1 aliphatic carbocycles. The molecule has 0 bridgehead atoms. The van der Waals surface area contributed by atoms with Gasteiger partial charge in [-0.2, -0.15) is 0 Å². The number of hydrogen-bond acceptors (Lipinski definition) is 11. The number of Topliss-reactive ketones (excluding diaryl/α,β-unsaturated/α-hetero) is 1. The van der Waals surface area contributed by atoms with Gasteiger partial charge in [0.25, 0.3) is 0 Å². The number of carbonyl (C=O) groups excluding carboxylic acids is 1. The second-order valence-corrected chi connectivity index (χ2v) is 10.9. The van der Waals surface area contributed by atoms with E-state index in [1.807, 2.05) is 6.08 Å². The third kappa shape index (κ3) is 7.01. The summed E-state index contributed by atoms with van der Waals surface area (Å²) >= 11 is 0. The van der Waals surface area contributed by atoms with Gasteiger partial charge in [-0.1, -0.05) is 52.0 Å². The van der Waals surface area contributed by atoms with Gasteiger partial charge in [0.2, 0.25) is 0 Å². The summed E-state index contributed by atoms with van der Waals surface area (Å²) in [5.41, 5.74) is 0.286. The molecule has 0 spiro atoms. The van der Waals surface area contributed by atoms with Crippen molar-refractivity contribution in [3.05, 3.63) is 11.6 Å². The van der Waals surface area contributed by atoms with Gasteiger partial charge in [0.05, 0.1) is 13.2 Å². The van der Waals surface area contributed by atoms with Crippen molar-refractivity contribution in [1.29, 1.82) is 0 Å². The smallest absolute Gasteiger partial charge is 0.187 e. The van der Waals surface area contributed by atoms with Crippen LogP contribution in [0.3, 0.4) is 0 Å². The number of ether oxygens (including phenoxy) is 3. The lowest BCUT2D eigenvalue weighted by Gasteiger charge is -2.47. The number of hydrogen-bond donors (Lipinski definition) is 7. The number of rotatable bonds is 12. The molecular formula is C27H46O11. The van der Waals surface area contributed by atoms with Crippen LogP contribution < -0.4 is 0 Å². The Morgan fingerprint density at radius 3 is 2.13 bits per heavy atom. The van der Waals surface area contributed by atoms with Crippen molar-refractivity contribution in [3.8, 4) is 0 Å². The van der Waals surface area contributed by atoms with Crippen LogP contribution >= 0.6 is 0 Å². The van der Waals surface area contributed by atoms with Gasteiger partial charge >= 0.3 is 0 Å². The van der Waals surface area contributed by atoms with Crippen molar-refractivity contribution in [2.45, 2.75) is 126 Å². The van der Waals surface area contributed by atoms with Crippen LogP contribution in [-0.2, 0) is 19.0 Å². The molecule has 2 fully saturated rings. The lowest BCUT2D eigenvalue weighted by molar-refractivity contribution is -0.340. The molecule has 0 amide bonds. The highest BCUT2D eigenvalue weighted by Gasteiger charge is 2.52. The molecule has 0 aromatic carbocycles. The summed E-state index contributed by atoms with van der Waals surface area (Å²) in [5.74, 6) is 0.203. The van der Waals surface area contributed by atoms with E-state index in [-0.39, 0.29) is 23.2 Å². The third-order valence-electron chi connectivity index (χ3n) is 8.15. The Bertz CT molecular complexity index is 772. The van der Waals surface area contributed by atoms with E-state index in [0.717, 1.165) is 44.9 Å². The van der Waals surface area contributed by atoms with Crippen LogP contribution in [0, 0.1) is 11.8 Å². The predicted molar refractivity (Wildman–Crippen MR) is 135 cm³/mol. The monoisotopic (exact) mass is 546 g/mol. The number of aliphatic hydroxyl groups excluding tert-OH is 7. The molecule has 0 aromatic heterocycles. The Labute approximate surface area is 224 Å². The quantitative estimate of drug-likeness (QED) is 0.157. The first kappa shape index (κ1) is 31.5. The molecule has 0 radical (unpaired) electrons. The fourth-order valence-corrected chi connectivity index (χ4v) is 5.80. The second-order valence-electron chi connectivity index (χ2n) is 10.9. The van der Waals surface area contributed by atoms with E-state index >= 15 is 0 Å². The maximum absolute atomic E-state index is 13.2. The Kier molecular flexibility index (Phi) is 12.1. The van der Waals surface area contributed by atoms with Gasteiger partial charge in [0.1, 0.15) is 54.9 Å². The SMILES string of the molecule is CCCCCC1CC(=O)C([C@@H]2O[C@H](CO)[C@@H](O[C@@H]3O[C@H](CO)[C@H](O)[C@@H](O)[C@@H]3O)[C@@H](O)[C@@H]2O)=CC1CCCC. The molecule has 0 aromatic rings. The standard InChI is InChI=1S/C27H46O11/c1-3-5-7-9-15-11-17(30)16(10-14(15)8-6-4-2)25-22(33)23(34)26(19(13-29)36-25)38-27-24(35)21(32)20(31)18(12-28)37-27/h10,14-15,18-29,31-35H,3-9,11-13H2,1-2H3/t14?,15?,18-,19-,20+,21-,22+,23+,24+,25+,26-,27+/m1/s1.